The third-order valence-corrected chi connectivity index (χ3v) is 3.35. The molecule has 0 aliphatic carbocycles. The van der Waals surface area contributed by atoms with Crippen molar-refractivity contribution in [3.05, 3.63) is 0 Å². The van der Waals surface area contributed by atoms with Crippen molar-refractivity contribution < 1.29 is 14.7 Å². The Kier molecular flexibility index (Phi) is 4.73. The van der Waals surface area contributed by atoms with Crippen LogP contribution in [0.25, 0.3) is 0 Å². The summed E-state index contributed by atoms with van der Waals surface area (Å²) in [6.07, 6.45) is 0. The maximum Gasteiger partial charge on any atom is 0.318 e. The van der Waals surface area contributed by atoms with Crippen LogP contribution < -0.4 is 0 Å². The molecule has 1 rings (SSSR count). The summed E-state index contributed by atoms with van der Waals surface area (Å²) < 4.78 is 0. The molecule has 1 N–H and O–H groups in total. The van der Waals surface area contributed by atoms with Gasteiger partial charge in [-0.2, -0.15) is 0 Å². The first kappa shape index (κ1) is 15.0. The van der Waals surface area contributed by atoms with Gasteiger partial charge in [0.2, 0.25) is 5.91 Å². The molecule has 1 amide bonds. The van der Waals surface area contributed by atoms with Crippen molar-refractivity contribution in [3.63, 3.8) is 0 Å². The Morgan fingerprint density at radius 2 is 1.67 bits per heavy atom. The first-order valence-electron chi connectivity index (χ1n) is 6.50. The van der Waals surface area contributed by atoms with Gasteiger partial charge in [0, 0.05) is 32.7 Å². The summed E-state index contributed by atoms with van der Waals surface area (Å²) in [7, 11) is 0. The van der Waals surface area contributed by atoms with Crippen molar-refractivity contribution in [2.24, 2.45) is 11.3 Å². The highest BCUT2D eigenvalue weighted by Crippen LogP contribution is 2.20. The normalized spacial score (nSPS) is 18.2. The third kappa shape index (κ3) is 3.45. The number of piperazine rings is 1. The average molecular weight is 256 g/mol. The van der Waals surface area contributed by atoms with E-state index in [1.165, 1.54) is 13.8 Å². The zero-order valence-corrected chi connectivity index (χ0v) is 11.8. The van der Waals surface area contributed by atoms with Gasteiger partial charge in [0.05, 0.1) is 0 Å². The molecule has 0 aromatic heterocycles. The lowest BCUT2D eigenvalue weighted by molar-refractivity contribution is -0.159. The molecule has 0 spiro atoms. The van der Waals surface area contributed by atoms with Crippen LogP contribution in [0.3, 0.4) is 0 Å². The molecule has 0 bridgehead atoms. The van der Waals surface area contributed by atoms with Gasteiger partial charge in [-0.15, -0.1) is 0 Å². The Morgan fingerprint density at radius 3 is 2.06 bits per heavy atom. The predicted octanol–water partition coefficient (Wildman–Crippen LogP) is 0.897. The smallest absolute Gasteiger partial charge is 0.318 e. The van der Waals surface area contributed by atoms with E-state index in [1.807, 2.05) is 0 Å². The van der Waals surface area contributed by atoms with E-state index >= 15 is 0 Å². The highest BCUT2D eigenvalue weighted by atomic mass is 16.4. The van der Waals surface area contributed by atoms with E-state index in [9.17, 15) is 9.59 Å². The Bertz CT molecular complexity index is 318. The first-order chi connectivity index (χ1) is 8.25. The molecule has 1 aliphatic heterocycles. The van der Waals surface area contributed by atoms with Crippen molar-refractivity contribution in [3.8, 4) is 0 Å². The van der Waals surface area contributed by atoms with Gasteiger partial charge in [-0.25, -0.2) is 0 Å². The zero-order valence-electron chi connectivity index (χ0n) is 11.8. The van der Waals surface area contributed by atoms with Crippen LogP contribution in [0.5, 0.6) is 0 Å². The van der Waals surface area contributed by atoms with Crippen LogP contribution in [0.4, 0.5) is 0 Å². The molecule has 18 heavy (non-hydrogen) atoms. The molecule has 0 aromatic carbocycles. The van der Waals surface area contributed by atoms with Gasteiger partial charge < -0.3 is 10.0 Å². The van der Waals surface area contributed by atoms with E-state index in [2.05, 4.69) is 18.7 Å². The highest BCUT2D eigenvalue weighted by molar-refractivity contribution is 6.01. The SMILES string of the molecule is CC(C)CN1CCN(C(=O)C(C)(C)C(=O)O)CC1. The lowest BCUT2D eigenvalue weighted by Crippen LogP contribution is -2.54. The second-order valence-corrected chi connectivity index (χ2v) is 5.92. The van der Waals surface area contributed by atoms with Gasteiger partial charge in [-0.3, -0.25) is 14.5 Å². The minimum atomic E-state index is -1.32. The second-order valence-electron chi connectivity index (χ2n) is 5.92. The highest BCUT2D eigenvalue weighted by Gasteiger charge is 2.39. The molecule has 0 aromatic rings. The van der Waals surface area contributed by atoms with Gasteiger partial charge in [0.15, 0.2) is 0 Å². The van der Waals surface area contributed by atoms with Crippen LogP contribution >= 0.6 is 0 Å². The van der Waals surface area contributed by atoms with Crippen molar-refractivity contribution >= 4 is 11.9 Å². The Hall–Kier alpha value is -1.10. The summed E-state index contributed by atoms with van der Waals surface area (Å²) in [5.41, 5.74) is -1.32. The summed E-state index contributed by atoms with van der Waals surface area (Å²) in [6, 6.07) is 0. The molecule has 5 heteroatoms. The Balaban J connectivity index is 2.53. The van der Waals surface area contributed by atoms with Gasteiger partial charge in [0.1, 0.15) is 5.41 Å². The van der Waals surface area contributed by atoms with Crippen LogP contribution in [-0.2, 0) is 9.59 Å². The Morgan fingerprint density at radius 1 is 1.17 bits per heavy atom. The fourth-order valence-corrected chi connectivity index (χ4v) is 2.14. The molecule has 1 saturated heterocycles. The number of carboxylic acid groups (broad SMARTS) is 1. The van der Waals surface area contributed by atoms with E-state index in [0.717, 1.165) is 19.6 Å². The van der Waals surface area contributed by atoms with Crippen LogP contribution in [0, 0.1) is 11.3 Å². The van der Waals surface area contributed by atoms with Gasteiger partial charge >= 0.3 is 5.97 Å². The molecule has 0 radical (unpaired) electrons. The van der Waals surface area contributed by atoms with Crippen molar-refractivity contribution in [2.75, 3.05) is 32.7 Å². The van der Waals surface area contributed by atoms with Gasteiger partial charge in [0.25, 0.3) is 0 Å². The van der Waals surface area contributed by atoms with Gasteiger partial charge in [-0.05, 0) is 19.8 Å². The molecule has 0 atom stereocenters. The molecule has 1 fully saturated rings. The number of hydrogen-bond donors (Lipinski definition) is 1. The zero-order chi connectivity index (χ0) is 13.9. The standard InChI is InChI=1S/C13H24N2O3/c1-10(2)9-14-5-7-15(8-6-14)11(16)13(3,4)12(17)18/h10H,5-9H2,1-4H3,(H,17,18). The van der Waals surface area contributed by atoms with Crippen LogP contribution in [0.15, 0.2) is 0 Å². The maximum atomic E-state index is 12.1. The fraction of sp³-hybridized carbons (Fsp3) is 0.846. The lowest BCUT2D eigenvalue weighted by atomic mass is 9.91. The number of carbonyl (C=O) groups excluding carboxylic acids is 1. The largest absolute Gasteiger partial charge is 0.480 e. The lowest BCUT2D eigenvalue weighted by Gasteiger charge is -2.38. The number of rotatable bonds is 4. The minimum absolute atomic E-state index is 0.279. The average Bonchev–Trinajstić information content (AvgIpc) is 2.28. The number of aliphatic carboxylic acids is 1. The fourth-order valence-electron chi connectivity index (χ4n) is 2.14. The number of nitrogens with zero attached hydrogens (tertiary/aromatic N) is 2. The molecular weight excluding hydrogens is 232 g/mol. The van der Waals surface area contributed by atoms with Crippen LogP contribution in [-0.4, -0.2) is 59.5 Å². The number of carboxylic acids is 1. The van der Waals surface area contributed by atoms with E-state index in [0.29, 0.717) is 19.0 Å². The molecule has 104 valence electrons. The predicted molar refractivity (Wildman–Crippen MR) is 69.3 cm³/mol. The van der Waals surface area contributed by atoms with Crippen molar-refractivity contribution in [1.82, 2.24) is 9.80 Å². The van der Waals surface area contributed by atoms with E-state index in [1.54, 1.807) is 4.90 Å². The third-order valence-electron chi connectivity index (χ3n) is 3.35. The summed E-state index contributed by atoms with van der Waals surface area (Å²) in [5.74, 6) is -0.723. The second kappa shape index (κ2) is 5.69. The van der Waals surface area contributed by atoms with Crippen molar-refractivity contribution in [1.29, 1.82) is 0 Å². The van der Waals surface area contributed by atoms with E-state index in [-0.39, 0.29) is 5.91 Å². The summed E-state index contributed by atoms with van der Waals surface area (Å²) in [4.78, 5) is 27.2. The number of amides is 1. The molecule has 1 aliphatic rings. The summed E-state index contributed by atoms with van der Waals surface area (Å²) >= 11 is 0. The molecule has 1 heterocycles. The molecule has 0 unspecified atom stereocenters. The minimum Gasteiger partial charge on any atom is -0.480 e. The maximum absolute atomic E-state index is 12.1. The Labute approximate surface area is 109 Å². The molecule has 5 nitrogen and oxygen atoms in total. The van der Waals surface area contributed by atoms with Crippen molar-refractivity contribution in [2.45, 2.75) is 27.7 Å². The van der Waals surface area contributed by atoms with Crippen LogP contribution in [0.2, 0.25) is 0 Å². The number of hydrogen-bond acceptors (Lipinski definition) is 3. The molecule has 0 saturated carbocycles. The van der Waals surface area contributed by atoms with E-state index in [4.69, 9.17) is 5.11 Å². The first-order valence-corrected chi connectivity index (χ1v) is 6.50. The monoisotopic (exact) mass is 256 g/mol. The van der Waals surface area contributed by atoms with Crippen LogP contribution in [0.1, 0.15) is 27.7 Å². The summed E-state index contributed by atoms with van der Waals surface area (Å²) in [6.45, 7) is 11.2. The topological polar surface area (TPSA) is 60.9 Å². The quantitative estimate of drug-likeness (QED) is 0.759. The van der Waals surface area contributed by atoms with E-state index < -0.39 is 11.4 Å². The number of carbonyl (C=O) groups is 2. The summed E-state index contributed by atoms with van der Waals surface area (Å²) in [5, 5.41) is 9.06. The molecular formula is C13H24N2O3. The van der Waals surface area contributed by atoms with Gasteiger partial charge in [-0.1, -0.05) is 13.8 Å².